The largest absolute Gasteiger partial charge is 0.479 e. The lowest BCUT2D eigenvalue weighted by atomic mass is 9.94. The molecule has 0 aliphatic heterocycles. The Labute approximate surface area is 137 Å². The SMILES string of the molecule is CCCCC(CC)COC(=O)[C@](N)(CCCN=C(N)N)C(=O)O. The van der Waals surface area contributed by atoms with Crippen molar-refractivity contribution < 1.29 is 19.4 Å². The topological polar surface area (TPSA) is 154 Å². The summed E-state index contributed by atoms with van der Waals surface area (Å²) in [5.74, 6) is -2.19. The molecule has 23 heavy (non-hydrogen) atoms. The first-order valence-electron chi connectivity index (χ1n) is 8.02. The fourth-order valence-electron chi connectivity index (χ4n) is 2.08. The number of nitrogens with zero attached hydrogens (tertiary/aromatic N) is 1. The van der Waals surface area contributed by atoms with Crippen LogP contribution >= 0.6 is 0 Å². The molecule has 0 heterocycles. The van der Waals surface area contributed by atoms with Crippen molar-refractivity contribution in [2.75, 3.05) is 13.2 Å². The van der Waals surface area contributed by atoms with Crippen LogP contribution in [0.15, 0.2) is 4.99 Å². The standard InChI is InChI=1S/C15H30N4O4/c1-3-5-7-11(4-2)10-23-13(22)15(18,12(20)21)8-6-9-19-14(16)17/h11H,3-10,18H2,1-2H3,(H,20,21)(H4,16,17,19)/t11?,15-/m0/s1. The average Bonchev–Trinajstić information content (AvgIpc) is 2.50. The van der Waals surface area contributed by atoms with Crippen molar-refractivity contribution in [3.05, 3.63) is 0 Å². The zero-order valence-electron chi connectivity index (χ0n) is 14.1. The zero-order valence-corrected chi connectivity index (χ0v) is 14.1. The maximum absolute atomic E-state index is 12.1. The summed E-state index contributed by atoms with van der Waals surface area (Å²) >= 11 is 0. The number of carboxylic acids is 1. The number of carbonyl (C=O) groups excluding carboxylic acids is 1. The third-order valence-corrected chi connectivity index (χ3v) is 3.76. The van der Waals surface area contributed by atoms with Crippen LogP contribution in [0.25, 0.3) is 0 Å². The van der Waals surface area contributed by atoms with E-state index in [-0.39, 0.29) is 37.9 Å². The monoisotopic (exact) mass is 330 g/mol. The Hall–Kier alpha value is -1.83. The third-order valence-electron chi connectivity index (χ3n) is 3.76. The molecule has 0 bridgehead atoms. The summed E-state index contributed by atoms with van der Waals surface area (Å²) in [7, 11) is 0. The molecule has 0 saturated carbocycles. The highest BCUT2D eigenvalue weighted by atomic mass is 16.5. The van der Waals surface area contributed by atoms with Crippen molar-refractivity contribution in [3.8, 4) is 0 Å². The molecule has 0 aliphatic carbocycles. The molecule has 0 rings (SSSR count). The molecule has 7 N–H and O–H groups in total. The molecule has 0 amide bonds. The number of aliphatic carboxylic acids is 1. The summed E-state index contributed by atoms with van der Waals surface area (Å²) in [4.78, 5) is 27.2. The summed E-state index contributed by atoms with van der Waals surface area (Å²) in [5, 5.41) is 9.26. The van der Waals surface area contributed by atoms with Gasteiger partial charge in [-0.2, -0.15) is 0 Å². The number of carboxylic acid groups (broad SMARTS) is 1. The minimum atomic E-state index is -2.07. The molecule has 0 aromatic rings. The van der Waals surface area contributed by atoms with Gasteiger partial charge in [-0.1, -0.05) is 33.1 Å². The lowest BCUT2D eigenvalue weighted by Crippen LogP contribution is -2.56. The van der Waals surface area contributed by atoms with E-state index in [2.05, 4.69) is 11.9 Å². The fraction of sp³-hybridized carbons (Fsp3) is 0.800. The maximum atomic E-state index is 12.1. The second-order valence-corrected chi connectivity index (χ2v) is 5.70. The lowest BCUT2D eigenvalue weighted by Gasteiger charge is -2.24. The first-order chi connectivity index (χ1) is 10.8. The van der Waals surface area contributed by atoms with Crippen LogP contribution in [0.3, 0.4) is 0 Å². The van der Waals surface area contributed by atoms with E-state index in [0.717, 1.165) is 25.7 Å². The van der Waals surface area contributed by atoms with Crippen LogP contribution in [0, 0.1) is 5.92 Å². The van der Waals surface area contributed by atoms with E-state index in [1.54, 1.807) is 0 Å². The van der Waals surface area contributed by atoms with Gasteiger partial charge in [0.15, 0.2) is 5.96 Å². The van der Waals surface area contributed by atoms with E-state index in [1.807, 2.05) is 6.92 Å². The van der Waals surface area contributed by atoms with Crippen LogP contribution in [-0.2, 0) is 14.3 Å². The van der Waals surface area contributed by atoms with Gasteiger partial charge in [-0.3, -0.25) is 4.99 Å². The molecule has 1 unspecified atom stereocenters. The van der Waals surface area contributed by atoms with Crippen molar-refractivity contribution in [2.24, 2.45) is 28.1 Å². The lowest BCUT2D eigenvalue weighted by molar-refractivity contribution is -0.162. The van der Waals surface area contributed by atoms with Crippen LogP contribution in [0.5, 0.6) is 0 Å². The van der Waals surface area contributed by atoms with Crippen LogP contribution < -0.4 is 17.2 Å². The number of guanidine groups is 1. The first kappa shape index (κ1) is 21.2. The molecule has 0 spiro atoms. The van der Waals surface area contributed by atoms with E-state index in [9.17, 15) is 14.7 Å². The summed E-state index contributed by atoms with van der Waals surface area (Å²) in [5.41, 5.74) is 14.0. The molecule has 2 atom stereocenters. The summed E-state index contributed by atoms with van der Waals surface area (Å²) in [6, 6.07) is 0. The van der Waals surface area contributed by atoms with Crippen molar-refractivity contribution in [1.29, 1.82) is 0 Å². The minimum absolute atomic E-state index is 0.0905. The van der Waals surface area contributed by atoms with E-state index in [1.165, 1.54) is 0 Å². The Balaban J connectivity index is 4.58. The molecule has 134 valence electrons. The summed E-state index contributed by atoms with van der Waals surface area (Å²) < 4.78 is 5.17. The van der Waals surface area contributed by atoms with Crippen LogP contribution in [0.1, 0.15) is 52.4 Å². The van der Waals surface area contributed by atoms with Crippen molar-refractivity contribution in [1.82, 2.24) is 0 Å². The van der Waals surface area contributed by atoms with Gasteiger partial charge in [0.2, 0.25) is 5.54 Å². The summed E-state index contributed by atoms with van der Waals surface area (Å²) in [6.45, 7) is 4.49. The molecule has 0 aromatic carbocycles. The maximum Gasteiger partial charge on any atom is 0.337 e. The molecule has 0 aliphatic rings. The van der Waals surface area contributed by atoms with Gasteiger partial charge >= 0.3 is 11.9 Å². The van der Waals surface area contributed by atoms with Crippen LogP contribution in [0.4, 0.5) is 0 Å². The van der Waals surface area contributed by atoms with Gasteiger partial charge in [0.05, 0.1) is 6.61 Å². The smallest absolute Gasteiger partial charge is 0.337 e. The number of aliphatic imine (C=N–C) groups is 1. The average molecular weight is 330 g/mol. The molecular formula is C15H30N4O4. The van der Waals surface area contributed by atoms with Crippen LogP contribution in [-0.4, -0.2) is 41.7 Å². The Morgan fingerprint density at radius 3 is 2.39 bits per heavy atom. The second kappa shape index (κ2) is 10.8. The summed E-state index contributed by atoms with van der Waals surface area (Å²) in [6.07, 6.45) is 4.08. The van der Waals surface area contributed by atoms with E-state index < -0.39 is 17.5 Å². The minimum Gasteiger partial charge on any atom is -0.479 e. The molecule has 8 nitrogen and oxygen atoms in total. The molecule has 0 aromatic heterocycles. The molecule has 0 saturated heterocycles. The molecule has 0 fully saturated rings. The van der Waals surface area contributed by atoms with Crippen molar-refractivity contribution in [3.63, 3.8) is 0 Å². The highest BCUT2D eigenvalue weighted by Gasteiger charge is 2.43. The number of rotatable bonds is 12. The quantitative estimate of drug-likeness (QED) is 0.134. The van der Waals surface area contributed by atoms with Gasteiger partial charge in [-0.05, 0) is 25.2 Å². The molecule has 0 radical (unpaired) electrons. The Bertz CT molecular complexity index is 410. The van der Waals surface area contributed by atoms with Gasteiger partial charge in [0, 0.05) is 6.54 Å². The first-order valence-corrected chi connectivity index (χ1v) is 8.02. The molecular weight excluding hydrogens is 300 g/mol. The predicted molar refractivity (Wildman–Crippen MR) is 88.7 cm³/mol. The Kier molecular flexibility index (Phi) is 9.96. The number of ether oxygens (including phenoxy) is 1. The second-order valence-electron chi connectivity index (χ2n) is 5.70. The number of hydrogen-bond donors (Lipinski definition) is 4. The van der Waals surface area contributed by atoms with Gasteiger partial charge in [0.1, 0.15) is 0 Å². The normalized spacial score (nSPS) is 14.6. The van der Waals surface area contributed by atoms with Gasteiger partial charge in [0.25, 0.3) is 0 Å². The van der Waals surface area contributed by atoms with Gasteiger partial charge in [-0.15, -0.1) is 0 Å². The number of hydrogen-bond acceptors (Lipinski definition) is 5. The number of esters is 1. The Morgan fingerprint density at radius 2 is 1.91 bits per heavy atom. The van der Waals surface area contributed by atoms with Crippen molar-refractivity contribution >= 4 is 17.9 Å². The third kappa shape index (κ3) is 7.83. The number of carbonyl (C=O) groups is 2. The zero-order chi connectivity index (χ0) is 17.9. The van der Waals surface area contributed by atoms with Gasteiger partial charge in [-0.25, -0.2) is 9.59 Å². The van der Waals surface area contributed by atoms with E-state index >= 15 is 0 Å². The molecule has 8 heteroatoms. The fourth-order valence-corrected chi connectivity index (χ4v) is 2.08. The highest BCUT2D eigenvalue weighted by Crippen LogP contribution is 2.17. The number of unbranched alkanes of at least 4 members (excludes halogenated alkanes) is 1. The predicted octanol–water partition coefficient (Wildman–Crippen LogP) is 0.582. The Morgan fingerprint density at radius 1 is 1.26 bits per heavy atom. The van der Waals surface area contributed by atoms with Gasteiger partial charge < -0.3 is 27.0 Å². The van der Waals surface area contributed by atoms with Crippen molar-refractivity contribution in [2.45, 2.75) is 57.9 Å². The van der Waals surface area contributed by atoms with Crippen LogP contribution in [0.2, 0.25) is 0 Å². The van der Waals surface area contributed by atoms with E-state index in [0.29, 0.717) is 0 Å². The highest BCUT2D eigenvalue weighted by molar-refractivity contribution is 6.03. The number of nitrogens with two attached hydrogens (primary N) is 3. The van der Waals surface area contributed by atoms with E-state index in [4.69, 9.17) is 21.9 Å².